The molecular weight excluding hydrogens is 352 g/mol. The molecule has 0 aliphatic rings. The highest BCUT2D eigenvalue weighted by Crippen LogP contribution is 2.25. The molecular formula is C18H20N4O5. The predicted molar refractivity (Wildman–Crippen MR) is 96.8 cm³/mol. The number of methoxy groups -OCH3 is 1. The fraction of sp³-hybridized carbons (Fsp3) is 0.333. The van der Waals surface area contributed by atoms with Crippen LogP contribution in [0.3, 0.4) is 0 Å². The van der Waals surface area contributed by atoms with Gasteiger partial charge in [0.05, 0.1) is 13.7 Å². The van der Waals surface area contributed by atoms with Crippen LogP contribution >= 0.6 is 0 Å². The number of aromatic nitrogens is 2. The fourth-order valence-electron chi connectivity index (χ4n) is 2.39. The number of aryl methyl sites for hydroxylation is 1. The van der Waals surface area contributed by atoms with Crippen LogP contribution in [-0.2, 0) is 17.9 Å². The van der Waals surface area contributed by atoms with Gasteiger partial charge in [0.1, 0.15) is 24.8 Å². The van der Waals surface area contributed by atoms with Crippen LogP contribution in [0.25, 0.3) is 0 Å². The summed E-state index contributed by atoms with van der Waals surface area (Å²) in [6.07, 6.45) is 1.19. The molecule has 0 fully saturated rings. The van der Waals surface area contributed by atoms with Gasteiger partial charge in [0.25, 0.3) is 5.56 Å². The van der Waals surface area contributed by atoms with Gasteiger partial charge in [-0.15, -0.1) is 0 Å². The van der Waals surface area contributed by atoms with Gasteiger partial charge in [-0.1, -0.05) is 12.1 Å². The lowest BCUT2D eigenvalue weighted by molar-refractivity contribution is -0.121. The van der Waals surface area contributed by atoms with E-state index in [4.69, 9.17) is 14.7 Å². The van der Waals surface area contributed by atoms with Gasteiger partial charge in [-0.2, -0.15) is 5.26 Å². The van der Waals surface area contributed by atoms with Crippen LogP contribution in [0.5, 0.6) is 11.5 Å². The monoisotopic (exact) mass is 372 g/mol. The number of carbonyl (C=O) groups excluding carboxylic acids is 1. The third kappa shape index (κ3) is 4.76. The Bertz CT molecular complexity index is 971. The number of amides is 1. The lowest BCUT2D eigenvalue weighted by Gasteiger charge is -2.12. The number of nitrogens with zero attached hydrogens (tertiary/aromatic N) is 3. The number of hydrogen-bond acceptors (Lipinski definition) is 6. The summed E-state index contributed by atoms with van der Waals surface area (Å²) >= 11 is 0. The van der Waals surface area contributed by atoms with Crippen molar-refractivity contribution in [3.63, 3.8) is 0 Å². The number of nitrogens with one attached hydrogen (secondary N) is 1. The molecule has 1 amide bonds. The van der Waals surface area contributed by atoms with Crippen LogP contribution < -0.4 is 26.0 Å². The summed E-state index contributed by atoms with van der Waals surface area (Å²) in [4.78, 5) is 36.4. The molecule has 9 nitrogen and oxygen atoms in total. The van der Waals surface area contributed by atoms with Crippen molar-refractivity contribution < 1.29 is 14.3 Å². The second-order valence-corrected chi connectivity index (χ2v) is 5.46. The fourth-order valence-corrected chi connectivity index (χ4v) is 2.39. The number of ether oxygens (including phenoxy) is 2. The number of carbonyl (C=O) groups is 1. The third-order valence-electron chi connectivity index (χ3n) is 3.75. The summed E-state index contributed by atoms with van der Waals surface area (Å²) in [5.41, 5.74) is -1.61. The van der Waals surface area contributed by atoms with Crippen LogP contribution in [-0.4, -0.2) is 35.3 Å². The van der Waals surface area contributed by atoms with Crippen molar-refractivity contribution in [3.8, 4) is 17.6 Å². The average molecular weight is 372 g/mol. The quantitative estimate of drug-likeness (QED) is 0.658. The average Bonchev–Trinajstić information content (AvgIpc) is 2.69. The van der Waals surface area contributed by atoms with Crippen molar-refractivity contribution in [2.45, 2.75) is 20.0 Å². The van der Waals surface area contributed by atoms with Crippen molar-refractivity contribution >= 4 is 5.91 Å². The molecule has 0 spiro atoms. The van der Waals surface area contributed by atoms with Crippen LogP contribution in [0.15, 0.2) is 40.1 Å². The highest BCUT2D eigenvalue weighted by molar-refractivity contribution is 5.75. The van der Waals surface area contributed by atoms with Crippen molar-refractivity contribution in [3.05, 3.63) is 56.9 Å². The molecule has 0 radical (unpaired) electrons. The van der Waals surface area contributed by atoms with Gasteiger partial charge in [0.15, 0.2) is 11.5 Å². The molecule has 0 aliphatic heterocycles. The van der Waals surface area contributed by atoms with Gasteiger partial charge in [-0.3, -0.25) is 14.2 Å². The minimum atomic E-state index is -0.785. The molecule has 1 aromatic heterocycles. The molecule has 0 unspecified atom stereocenters. The SMILES string of the molecule is CCn1cc(C#N)c(=O)n(CC(=O)NCCOc2ccccc2OC)c1=O. The van der Waals surface area contributed by atoms with E-state index in [0.717, 1.165) is 4.57 Å². The zero-order valence-corrected chi connectivity index (χ0v) is 15.1. The Hall–Kier alpha value is -3.54. The first kappa shape index (κ1) is 19.8. The van der Waals surface area contributed by atoms with E-state index < -0.39 is 23.7 Å². The summed E-state index contributed by atoms with van der Waals surface area (Å²) < 4.78 is 12.6. The van der Waals surface area contributed by atoms with E-state index in [1.54, 1.807) is 31.2 Å². The molecule has 9 heteroatoms. The molecule has 1 aromatic carbocycles. The van der Waals surface area contributed by atoms with Gasteiger partial charge in [-0.05, 0) is 19.1 Å². The van der Waals surface area contributed by atoms with Gasteiger partial charge < -0.3 is 14.8 Å². The van der Waals surface area contributed by atoms with Gasteiger partial charge in [-0.25, -0.2) is 9.36 Å². The van der Waals surface area contributed by atoms with E-state index in [1.165, 1.54) is 17.9 Å². The Morgan fingerprint density at radius 2 is 1.96 bits per heavy atom. The van der Waals surface area contributed by atoms with Crippen LogP contribution in [0.1, 0.15) is 12.5 Å². The van der Waals surface area contributed by atoms with Gasteiger partial charge in [0.2, 0.25) is 5.91 Å². The highest BCUT2D eigenvalue weighted by Gasteiger charge is 2.13. The molecule has 2 aromatic rings. The summed E-state index contributed by atoms with van der Waals surface area (Å²) in [5, 5.41) is 11.6. The lowest BCUT2D eigenvalue weighted by Crippen LogP contribution is -2.44. The summed E-state index contributed by atoms with van der Waals surface area (Å²) in [6, 6.07) is 8.83. The molecule has 0 bridgehead atoms. The third-order valence-corrected chi connectivity index (χ3v) is 3.75. The standard InChI is InChI=1S/C18H20N4O5/c1-3-21-11-13(10-19)17(24)22(18(21)25)12-16(23)20-8-9-27-15-7-5-4-6-14(15)26-2/h4-7,11H,3,8-9,12H2,1-2H3,(H,20,23). The van der Waals surface area contributed by atoms with Gasteiger partial charge >= 0.3 is 5.69 Å². The Labute approximate surface area is 155 Å². The molecule has 142 valence electrons. The topological polar surface area (TPSA) is 115 Å². The van der Waals surface area contributed by atoms with E-state index in [0.29, 0.717) is 11.5 Å². The van der Waals surface area contributed by atoms with Crippen molar-refractivity contribution in [2.24, 2.45) is 0 Å². The minimum Gasteiger partial charge on any atom is -0.493 e. The number of benzene rings is 1. The van der Waals surface area contributed by atoms with Crippen LogP contribution in [0.2, 0.25) is 0 Å². The number of nitriles is 1. The highest BCUT2D eigenvalue weighted by atomic mass is 16.5. The number of rotatable bonds is 8. The normalized spacial score (nSPS) is 10.1. The van der Waals surface area contributed by atoms with Crippen molar-refractivity contribution in [2.75, 3.05) is 20.3 Å². The number of para-hydroxylation sites is 2. The zero-order chi connectivity index (χ0) is 19.8. The second-order valence-electron chi connectivity index (χ2n) is 5.46. The molecule has 1 N–H and O–H groups in total. The second kappa shape index (κ2) is 9.24. The Balaban J connectivity index is 1.98. The maximum Gasteiger partial charge on any atom is 0.331 e. The Kier molecular flexibility index (Phi) is 6.77. The van der Waals surface area contributed by atoms with E-state index in [1.807, 2.05) is 6.07 Å². The molecule has 0 atom stereocenters. The van der Waals surface area contributed by atoms with E-state index in [-0.39, 0.29) is 25.3 Å². The summed E-state index contributed by atoms with van der Waals surface area (Å²) in [6.45, 7) is 1.86. The number of hydrogen-bond donors (Lipinski definition) is 1. The van der Waals surface area contributed by atoms with Gasteiger partial charge in [0, 0.05) is 12.7 Å². The molecule has 0 saturated carbocycles. The Morgan fingerprint density at radius 1 is 1.26 bits per heavy atom. The van der Waals surface area contributed by atoms with E-state index >= 15 is 0 Å². The first-order valence-electron chi connectivity index (χ1n) is 8.28. The van der Waals surface area contributed by atoms with E-state index in [2.05, 4.69) is 5.32 Å². The van der Waals surface area contributed by atoms with Crippen LogP contribution in [0.4, 0.5) is 0 Å². The maximum atomic E-state index is 12.2. The molecule has 0 aliphatic carbocycles. The van der Waals surface area contributed by atoms with Crippen LogP contribution in [0, 0.1) is 11.3 Å². The summed E-state index contributed by atoms with van der Waals surface area (Å²) in [7, 11) is 1.53. The minimum absolute atomic E-state index is 0.172. The van der Waals surface area contributed by atoms with Crippen molar-refractivity contribution in [1.29, 1.82) is 5.26 Å². The zero-order valence-electron chi connectivity index (χ0n) is 15.1. The maximum absolute atomic E-state index is 12.2. The first-order chi connectivity index (χ1) is 13.0. The molecule has 1 heterocycles. The first-order valence-corrected chi connectivity index (χ1v) is 8.28. The smallest absolute Gasteiger partial charge is 0.331 e. The lowest BCUT2D eigenvalue weighted by atomic mass is 10.3. The molecule has 0 saturated heterocycles. The van der Waals surface area contributed by atoms with E-state index in [9.17, 15) is 14.4 Å². The largest absolute Gasteiger partial charge is 0.493 e. The van der Waals surface area contributed by atoms with Crippen molar-refractivity contribution in [1.82, 2.24) is 14.5 Å². The molecule has 2 rings (SSSR count). The Morgan fingerprint density at radius 3 is 2.59 bits per heavy atom. The molecule has 27 heavy (non-hydrogen) atoms. The predicted octanol–water partition coefficient (Wildman–Crippen LogP) is 0.105. The summed E-state index contributed by atoms with van der Waals surface area (Å²) in [5.74, 6) is 0.581.